The molecule has 0 fully saturated rings. The van der Waals surface area contributed by atoms with Crippen LogP contribution in [0.15, 0.2) is 24.4 Å². The Balaban J connectivity index is 1.97. The normalized spacial score (nSPS) is 10.5. The summed E-state index contributed by atoms with van der Waals surface area (Å²) in [6.45, 7) is 1.81. The van der Waals surface area contributed by atoms with Gasteiger partial charge in [0.25, 0.3) is 0 Å². The van der Waals surface area contributed by atoms with Gasteiger partial charge in [-0.25, -0.2) is 4.98 Å². The van der Waals surface area contributed by atoms with Crippen molar-refractivity contribution in [2.75, 3.05) is 24.8 Å². The molecular weight excluding hydrogens is 332 g/mol. The Bertz CT molecular complexity index is 866. The van der Waals surface area contributed by atoms with Crippen molar-refractivity contribution in [1.29, 1.82) is 0 Å². The maximum Gasteiger partial charge on any atom is 0.229 e. The molecule has 0 saturated heterocycles. The molecule has 24 heavy (non-hydrogen) atoms. The number of anilines is 3. The van der Waals surface area contributed by atoms with Gasteiger partial charge in [0.15, 0.2) is 5.82 Å². The Labute approximate surface area is 143 Å². The number of aryl methyl sites for hydroxylation is 1. The lowest BCUT2D eigenvalue weighted by Crippen LogP contribution is -2.04. The van der Waals surface area contributed by atoms with Gasteiger partial charge in [0.2, 0.25) is 5.95 Å². The number of hydrogen-bond acceptors (Lipinski definition) is 8. The summed E-state index contributed by atoms with van der Waals surface area (Å²) in [6, 6.07) is 5.51. The minimum absolute atomic E-state index is 0.399. The first-order chi connectivity index (χ1) is 11.6. The van der Waals surface area contributed by atoms with Crippen molar-refractivity contribution in [1.82, 2.24) is 30.2 Å². The van der Waals surface area contributed by atoms with Crippen LogP contribution in [0, 0.1) is 6.92 Å². The number of methoxy groups -OCH3 is 1. The highest BCUT2D eigenvalue weighted by Crippen LogP contribution is 2.26. The molecule has 10 heteroatoms. The van der Waals surface area contributed by atoms with E-state index in [4.69, 9.17) is 16.3 Å². The number of tetrazole rings is 1. The molecule has 3 aromatic rings. The lowest BCUT2D eigenvalue weighted by atomic mass is 10.2. The van der Waals surface area contributed by atoms with Crippen LogP contribution in [0.4, 0.5) is 17.5 Å². The summed E-state index contributed by atoms with van der Waals surface area (Å²) in [4.78, 5) is 8.46. The molecule has 9 nitrogen and oxygen atoms in total. The van der Waals surface area contributed by atoms with Crippen molar-refractivity contribution in [3.63, 3.8) is 0 Å². The number of aromatic nitrogens is 6. The molecule has 0 spiro atoms. The van der Waals surface area contributed by atoms with Gasteiger partial charge in [0, 0.05) is 24.9 Å². The third-order valence-electron chi connectivity index (χ3n) is 3.23. The second-order valence-electron chi connectivity index (χ2n) is 4.82. The zero-order valence-corrected chi connectivity index (χ0v) is 14.0. The van der Waals surface area contributed by atoms with Crippen LogP contribution in [0.25, 0.3) is 5.69 Å². The zero-order chi connectivity index (χ0) is 17.1. The lowest BCUT2D eigenvalue weighted by molar-refractivity contribution is 0.414. The maximum atomic E-state index is 6.00. The van der Waals surface area contributed by atoms with E-state index in [1.165, 1.54) is 6.20 Å². The van der Waals surface area contributed by atoms with Gasteiger partial charge in [0.05, 0.1) is 19.0 Å². The van der Waals surface area contributed by atoms with Crippen molar-refractivity contribution in [2.24, 2.45) is 0 Å². The number of nitrogens with one attached hydrogen (secondary N) is 2. The standard InChI is InChI=1S/C14H15ClN8O/c1-8-20-21-22-23(8)10-4-9(5-11(6-10)24-3)18-14-17-7-12(15)13(16-2)19-14/h4-7H,1-3H3,(H2,16,17,18,19). The van der Waals surface area contributed by atoms with Gasteiger partial charge in [-0.3, -0.25) is 0 Å². The van der Waals surface area contributed by atoms with Crippen LogP contribution in [0.5, 0.6) is 5.75 Å². The molecule has 2 N–H and O–H groups in total. The molecule has 0 unspecified atom stereocenters. The minimum Gasteiger partial charge on any atom is -0.497 e. The predicted octanol–water partition coefficient (Wildman–Crippen LogP) is 2.21. The van der Waals surface area contributed by atoms with Crippen molar-refractivity contribution >= 4 is 29.1 Å². The molecule has 2 aromatic heterocycles. The smallest absolute Gasteiger partial charge is 0.229 e. The fourth-order valence-electron chi connectivity index (χ4n) is 2.10. The molecule has 0 amide bonds. The van der Waals surface area contributed by atoms with Crippen LogP contribution in [0.3, 0.4) is 0 Å². The van der Waals surface area contributed by atoms with Crippen LogP contribution in [0.2, 0.25) is 5.02 Å². The topological polar surface area (TPSA) is 103 Å². The summed E-state index contributed by atoms with van der Waals surface area (Å²) in [5, 5.41) is 18.0. The van der Waals surface area contributed by atoms with E-state index >= 15 is 0 Å². The Kier molecular flexibility index (Phi) is 4.43. The second kappa shape index (κ2) is 6.67. The lowest BCUT2D eigenvalue weighted by Gasteiger charge is -2.11. The van der Waals surface area contributed by atoms with Crippen LogP contribution < -0.4 is 15.4 Å². The van der Waals surface area contributed by atoms with E-state index in [9.17, 15) is 0 Å². The third kappa shape index (κ3) is 3.20. The molecule has 0 aliphatic carbocycles. The Morgan fingerprint density at radius 1 is 1.25 bits per heavy atom. The van der Waals surface area contributed by atoms with E-state index < -0.39 is 0 Å². The SMILES string of the molecule is CNc1nc(Nc2cc(OC)cc(-n3nnnc3C)c2)ncc1Cl. The molecule has 0 radical (unpaired) electrons. The fourth-order valence-corrected chi connectivity index (χ4v) is 2.28. The number of hydrogen-bond donors (Lipinski definition) is 2. The van der Waals surface area contributed by atoms with Crippen LogP contribution in [0.1, 0.15) is 5.82 Å². The first-order valence-electron chi connectivity index (χ1n) is 7.02. The van der Waals surface area contributed by atoms with Gasteiger partial charge in [0.1, 0.15) is 16.6 Å². The molecule has 0 bridgehead atoms. The van der Waals surface area contributed by atoms with E-state index in [0.29, 0.717) is 28.4 Å². The number of benzene rings is 1. The van der Waals surface area contributed by atoms with E-state index in [1.54, 1.807) is 18.8 Å². The third-order valence-corrected chi connectivity index (χ3v) is 3.51. The molecule has 0 atom stereocenters. The average Bonchev–Trinajstić information content (AvgIpc) is 3.02. The zero-order valence-electron chi connectivity index (χ0n) is 13.3. The molecule has 1 aromatic carbocycles. The molecule has 2 heterocycles. The van der Waals surface area contributed by atoms with E-state index in [1.807, 2.05) is 25.1 Å². The molecule has 0 aliphatic rings. The molecule has 0 saturated carbocycles. The average molecular weight is 347 g/mol. The molecular formula is C14H15ClN8O. The second-order valence-corrected chi connectivity index (χ2v) is 5.23. The highest BCUT2D eigenvalue weighted by Gasteiger charge is 2.10. The highest BCUT2D eigenvalue weighted by molar-refractivity contribution is 6.32. The van der Waals surface area contributed by atoms with Crippen molar-refractivity contribution < 1.29 is 4.74 Å². The van der Waals surface area contributed by atoms with Crippen LogP contribution >= 0.6 is 11.6 Å². The van der Waals surface area contributed by atoms with Crippen LogP contribution in [-0.2, 0) is 0 Å². The van der Waals surface area contributed by atoms with Crippen molar-refractivity contribution in [2.45, 2.75) is 6.92 Å². The Morgan fingerprint density at radius 2 is 2.08 bits per heavy atom. The van der Waals surface area contributed by atoms with Gasteiger partial charge in [-0.15, -0.1) is 5.10 Å². The van der Waals surface area contributed by atoms with Crippen molar-refractivity contribution in [3.05, 3.63) is 35.2 Å². The fraction of sp³-hybridized carbons (Fsp3) is 0.214. The summed E-state index contributed by atoms with van der Waals surface area (Å²) in [6.07, 6.45) is 1.52. The van der Waals surface area contributed by atoms with Gasteiger partial charge in [-0.2, -0.15) is 9.67 Å². The van der Waals surface area contributed by atoms with E-state index in [-0.39, 0.29) is 0 Å². The summed E-state index contributed by atoms with van der Waals surface area (Å²) in [7, 11) is 3.33. The molecule has 3 rings (SSSR count). The largest absolute Gasteiger partial charge is 0.497 e. The minimum atomic E-state index is 0.399. The summed E-state index contributed by atoms with van der Waals surface area (Å²) in [5.41, 5.74) is 1.48. The van der Waals surface area contributed by atoms with Crippen LogP contribution in [-0.4, -0.2) is 44.3 Å². The number of halogens is 1. The quantitative estimate of drug-likeness (QED) is 0.724. The molecule has 0 aliphatic heterocycles. The summed E-state index contributed by atoms with van der Waals surface area (Å²) in [5.74, 6) is 2.24. The van der Waals surface area contributed by atoms with E-state index in [2.05, 4.69) is 36.1 Å². The maximum absolute atomic E-state index is 6.00. The molecule has 124 valence electrons. The summed E-state index contributed by atoms with van der Waals surface area (Å²) >= 11 is 6.00. The van der Waals surface area contributed by atoms with Gasteiger partial charge < -0.3 is 15.4 Å². The Hall–Kier alpha value is -2.94. The Morgan fingerprint density at radius 3 is 2.75 bits per heavy atom. The van der Waals surface area contributed by atoms with Gasteiger partial charge >= 0.3 is 0 Å². The number of ether oxygens (including phenoxy) is 1. The predicted molar refractivity (Wildman–Crippen MR) is 90.3 cm³/mol. The number of rotatable bonds is 5. The summed E-state index contributed by atoms with van der Waals surface area (Å²) < 4.78 is 6.95. The highest BCUT2D eigenvalue weighted by atomic mass is 35.5. The first kappa shape index (κ1) is 15.9. The van der Waals surface area contributed by atoms with Gasteiger partial charge in [-0.1, -0.05) is 11.6 Å². The monoisotopic (exact) mass is 346 g/mol. The van der Waals surface area contributed by atoms with Gasteiger partial charge in [-0.05, 0) is 23.4 Å². The van der Waals surface area contributed by atoms with Crippen molar-refractivity contribution in [3.8, 4) is 11.4 Å². The van der Waals surface area contributed by atoms with E-state index in [0.717, 1.165) is 11.4 Å². The first-order valence-corrected chi connectivity index (χ1v) is 7.40. The number of nitrogens with zero attached hydrogens (tertiary/aromatic N) is 6.